The van der Waals surface area contributed by atoms with Crippen molar-refractivity contribution in [1.82, 2.24) is 14.9 Å². The number of nitrogens with zero attached hydrogens (tertiary/aromatic N) is 3. The first-order valence-corrected chi connectivity index (χ1v) is 10.7. The molecule has 2 aromatic carbocycles. The lowest BCUT2D eigenvalue weighted by molar-refractivity contribution is -0.115. The van der Waals surface area contributed by atoms with Gasteiger partial charge >= 0.3 is 0 Å². The largest absolute Gasteiger partial charge is 0.398 e. The predicted octanol–water partition coefficient (Wildman–Crippen LogP) is 3.72. The number of nitrogens with two attached hydrogens (primary N) is 2. The van der Waals surface area contributed by atoms with Crippen molar-refractivity contribution in [2.75, 3.05) is 38.3 Å². The summed E-state index contributed by atoms with van der Waals surface area (Å²) in [6.45, 7) is 4.53. The molecule has 0 amide bonds. The Morgan fingerprint density at radius 3 is 2.69 bits per heavy atom. The first-order valence-electron chi connectivity index (χ1n) is 10.3. The molecule has 8 heteroatoms. The van der Waals surface area contributed by atoms with Gasteiger partial charge in [0.15, 0.2) is 11.6 Å². The maximum atomic E-state index is 14.5. The van der Waals surface area contributed by atoms with Gasteiger partial charge in [-0.15, -0.1) is 0 Å². The number of fused-ring (bicyclic) bond motifs is 1. The molecule has 32 heavy (non-hydrogen) atoms. The molecule has 2 aliphatic rings. The zero-order valence-corrected chi connectivity index (χ0v) is 18.6. The van der Waals surface area contributed by atoms with Crippen LogP contribution in [-0.2, 0) is 4.74 Å². The third-order valence-corrected chi connectivity index (χ3v) is 6.74. The molecule has 0 saturated carbocycles. The van der Waals surface area contributed by atoms with Gasteiger partial charge in [-0.05, 0) is 44.7 Å². The number of hydrogen-bond acceptors (Lipinski definition) is 6. The fraction of sp³-hybridized carbons (Fsp3) is 0.333. The summed E-state index contributed by atoms with van der Waals surface area (Å²) in [7, 11) is 2.12. The zero-order chi connectivity index (χ0) is 22.7. The highest BCUT2D eigenvalue weighted by Gasteiger charge is 2.53. The highest BCUT2D eigenvalue weighted by atomic mass is 35.5. The monoisotopic (exact) mass is 451 g/mol. The lowest BCUT2D eigenvalue weighted by Gasteiger charge is -2.43. The van der Waals surface area contributed by atoms with Crippen LogP contribution >= 0.6 is 11.6 Å². The molecular weight excluding hydrogens is 429 g/mol. The van der Waals surface area contributed by atoms with E-state index in [1.54, 1.807) is 24.3 Å². The second-order valence-corrected chi connectivity index (χ2v) is 9.46. The first-order chi connectivity index (χ1) is 15.2. The highest BCUT2D eigenvalue weighted by Crippen LogP contribution is 2.44. The van der Waals surface area contributed by atoms with Crippen molar-refractivity contribution < 1.29 is 9.13 Å². The molecule has 3 heterocycles. The number of nitrogen functional groups attached to an aromatic ring is 2. The van der Waals surface area contributed by atoms with Crippen molar-refractivity contribution >= 4 is 34.0 Å². The van der Waals surface area contributed by atoms with Crippen molar-refractivity contribution in [3.05, 3.63) is 46.7 Å². The molecule has 4 N–H and O–H groups in total. The number of likely N-dealkylation sites (N-methyl/N-ethyl adjacent to an activating group) is 1. The second kappa shape index (κ2) is 7.31. The van der Waals surface area contributed by atoms with E-state index < -0.39 is 5.82 Å². The molecule has 1 atom stereocenters. The first kappa shape index (κ1) is 21.0. The van der Waals surface area contributed by atoms with Gasteiger partial charge in [0, 0.05) is 28.6 Å². The van der Waals surface area contributed by atoms with Crippen molar-refractivity contribution in [2.24, 2.45) is 5.41 Å². The number of anilines is 2. The summed E-state index contributed by atoms with van der Waals surface area (Å²) < 4.78 is 20.0. The van der Waals surface area contributed by atoms with Gasteiger partial charge in [-0.25, -0.2) is 14.4 Å². The van der Waals surface area contributed by atoms with Gasteiger partial charge in [-0.1, -0.05) is 29.5 Å². The van der Waals surface area contributed by atoms with Crippen LogP contribution in [0.2, 0.25) is 5.02 Å². The van der Waals surface area contributed by atoms with Crippen LogP contribution < -0.4 is 11.5 Å². The lowest BCUT2D eigenvalue weighted by atomic mass is 9.81. The predicted molar refractivity (Wildman–Crippen MR) is 125 cm³/mol. The van der Waals surface area contributed by atoms with Crippen LogP contribution in [0, 0.1) is 23.1 Å². The maximum Gasteiger partial charge on any atom is 0.165 e. The Bertz CT molecular complexity index is 1310. The Hall–Kier alpha value is -2.92. The number of hydrogen-bond donors (Lipinski definition) is 2. The molecule has 1 unspecified atom stereocenters. The Kier molecular flexibility index (Phi) is 4.79. The van der Waals surface area contributed by atoms with Crippen LogP contribution in [0.25, 0.3) is 22.3 Å². The summed E-state index contributed by atoms with van der Waals surface area (Å²) in [6.07, 6.45) is 0.949. The molecule has 2 fully saturated rings. The van der Waals surface area contributed by atoms with Gasteiger partial charge in [-0.3, -0.25) is 4.90 Å². The summed E-state index contributed by atoms with van der Waals surface area (Å²) >= 11 is 5.92. The third-order valence-electron chi connectivity index (χ3n) is 6.44. The van der Waals surface area contributed by atoms with E-state index in [1.165, 1.54) is 6.07 Å². The van der Waals surface area contributed by atoms with Gasteiger partial charge in [0.2, 0.25) is 0 Å². The molecule has 1 aromatic heterocycles. The quantitative estimate of drug-likeness (QED) is 0.433. The molecule has 1 spiro atoms. The van der Waals surface area contributed by atoms with Crippen molar-refractivity contribution in [3.8, 4) is 23.2 Å². The summed E-state index contributed by atoms with van der Waals surface area (Å²) in [5.41, 5.74) is 14.2. The Morgan fingerprint density at radius 1 is 1.22 bits per heavy atom. The van der Waals surface area contributed by atoms with Gasteiger partial charge in [0.25, 0.3) is 0 Å². The second-order valence-electron chi connectivity index (χ2n) is 9.05. The minimum Gasteiger partial charge on any atom is -0.398 e. The summed E-state index contributed by atoms with van der Waals surface area (Å²) in [5.74, 6) is 6.48. The van der Waals surface area contributed by atoms with Crippen molar-refractivity contribution in [1.29, 1.82) is 0 Å². The smallest absolute Gasteiger partial charge is 0.165 e. The van der Waals surface area contributed by atoms with Crippen LogP contribution in [0.5, 0.6) is 0 Å². The third kappa shape index (κ3) is 3.36. The fourth-order valence-corrected chi connectivity index (χ4v) is 4.87. The van der Waals surface area contributed by atoms with E-state index in [-0.39, 0.29) is 33.2 Å². The topological polar surface area (TPSA) is 90.3 Å². The molecule has 5 rings (SSSR count). The van der Waals surface area contributed by atoms with Crippen LogP contribution in [-0.4, -0.2) is 47.2 Å². The van der Waals surface area contributed by atoms with Crippen molar-refractivity contribution in [3.63, 3.8) is 0 Å². The minimum absolute atomic E-state index is 0.00181. The molecule has 2 aliphatic heterocycles. The average Bonchev–Trinajstić information content (AvgIpc) is 3.00. The number of likely N-dealkylation sites (tertiary alicyclic amines) is 1. The van der Waals surface area contributed by atoms with E-state index in [0.29, 0.717) is 22.2 Å². The van der Waals surface area contributed by atoms with E-state index in [2.05, 4.69) is 40.7 Å². The molecular formula is C24H23ClFN5O. The average molecular weight is 452 g/mol. The number of ether oxygens (including phenoxy) is 1. The van der Waals surface area contributed by atoms with Gasteiger partial charge < -0.3 is 16.2 Å². The van der Waals surface area contributed by atoms with E-state index in [1.807, 2.05) is 0 Å². The number of halogens is 2. The van der Waals surface area contributed by atoms with E-state index >= 15 is 0 Å². The molecule has 3 aromatic rings. The maximum absolute atomic E-state index is 14.5. The Labute approximate surface area is 190 Å². The van der Waals surface area contributed by atoms with Crippen LogP contribution in [0.1, 0.15) is 18.9 Å². The van der Waals surface area contributed by atoms with E-state index in [9.17, 15) is 4.39 Å². The van der Waals surface area contributed by atoms with Crippen LogP contribution in [0.4, 0.5) is 15.9 Å². The summed E-state index contributed by atoms with van der Waals surface area (Å²) in [4.78, 5) is 11.1. The lowest BCUT2D eigenvalue weighted by Crippen LogP contribution is -2.57. The molecule has 164 valence electrons. The van der Waals surface area contributed by atoms with Gasteiger partial charge in [0.05, 0.1) is 34.9 Å². The highest BCUT2D eigenvalue weighted by molar-refractivity contribution is 6.31. The number of rotatable bonds is 1. The van der Waals surface area contributed by atoms with Crippen LogP contribution in [0.15, 0.2) is 30.3 Å². The normalized spacial score (nSPS) is 22.0. The summed E-state index contributed by atoms with van der Waals surface area (Å²) in [6, 6.07) is 8.18. The van der Waals surface area contributed by atoms with Gasteiger partial charge in [0.1, 0.15) is 5.82 Å². The van der Waals surface area contributed by atoms with E-state index in [0.717, 1.165) is 26.2 Å². The number of aromatic nitrogens is 2. The van der Waals surface area contributed by atoms with Crippen LogP contribution in [0.3, 0.4) is 0 Å². The summed E-state index contributed by atoms with van der Waals surface area (Å²) in [5, 5.41) is 0.592. The molecule has 0 bridgehead atoms. The Balaban J connectivity index is 1.55. The van der Waals surface area contributed by atoms with Crippen molar-refractivity contribution in [2.45, 2.75) is 18.9 Å². The zero-order valence-electron chi connectivity index (χ0n) is 17.9. The fourth-order valence-electron chi connectivity index (χ4n) is 4.69. The minimum atomic E-state index is -0.587. The number of benzene rings is 2. The standard InChI is InChI=1S/C24H23ClFN5O/c1-23(10-24(12-32-13-24)31(2)11-23)7-6-14-8-19-16(9-18(14)27)21(28)30-22(29-19)15-4-3-5-17(25)20(15)26/h3-5,8-9H,10-13,27H2,1-2H3,(H2,28,29,30). The van der Waals surface area contributed by atoms with Gasteiger partial charge in [-0.2, -0.15) is 0 Å². The molecule has 0 radical (unpaired) electrons. The SMILES string of the molecule is CN1CC(C)(C#Cc2cc3nc(-c4cccc(Cl)c4F)nc(N)c3cc2N)CC12COC2. The molecule has 2 saturated heterocycles. The Morgan fingerprint density at radius 2 is 2.00 bits per heavy atom. The molecule has 6 nitrogen and oxygen atoms in total. The van der Waals surface area contributed by atoms with E-state index in [4.69, 9.17) is 27.8 Å². The molecule has 0 aliphatic carbocycles.